The zero-order valence-corrected chi connectivity index (χ0v) is 19.9. The molecule has 0 amide bonds. The van der Waals surface area contributed by atoms with Gasteiger partial charge in [-0.2, -0.15) is 0 Å². The van der Waals surface area contributed by atoms with Crippen molar-refractivity contribution in [2.75, 3.05) is 31.7 Å². The van der Waals surface area contributed by atoms with Crippen LogP contribution in [0.4, 0.5) is 10.3 Å². The van der Waals surface area contributed by atoms with Crippen LogP contribution in [0.2, 0.25) is 0 Å². The molecule has 3 N–H and O–H groups in total. The molecule has 4 heterocycles. The van der Waals surface area contributed by atoms with Gasteiger partial charge in [-0.3, -0.25) is 4.79 Å². The van der Waals surface area contributed by atoms with Gasteiger partial charge >= 0.3 is 5.97 Å². The molecule has 2 fully saturated rings. The summed E-state index contributed by atoms with van der Waals surface area (Å²) in [5.74, 6) is -0.503. The van der Waals surface area contributed by atoms with Crippen molar-refractivity contribution in [1.82, 2.24) is 19.9 Å². The molecule has 3 aromatic rings. The summed E-state index contributed by atoms with van der Waals surface area (Å²) in [5, 5.41) is 12.8. The first-order chi connectivity index (χ1) is 17.5. The first-order valence-electron chi connectivity index (χ1n) is 12.0. The molecule has 2 saturated heterocycles. The van der Waals surface area contributed by atoms with Crippen molar-refractivity contribution in [2.24, 2.45) is 5.41 Å². The molecular formula is C25H28FN5O5. The molecule has 1 atom stereocenters. The van der Waals surface area contributed by atoms with Gasteiger partial charge in [-0.1, -0.05) is 6.92 Å². The molecule has 1 aromatic carbocycles. The van der Waals surface area contributed by atoms with Crippen molar-refractivity contribution in [3.8, 4) is 22.6 Å². The lowest BCUT2D eigenvalue weighted by Crippen LogP contribution is -2.44. The summed E-state index contributed by atoms with van der Waals surface area (Å²) in [7, 11) is 0. The van der Waals surface area contributed by atoms with Crippen molar-refractivity contribution in [3.63, 3.8) is 0 Å². The first-order valence-corrected chi connectivity index (χ1v) is 12.0. The lowest BCUT2D eigenvalue weighted by atomic mass is 9.86. The number of carbonyl (C=O) groups is 1. The van der Waals surface area contributed by atoms with E-state index < -0.39 is 17.7 Å². The van der Waals surface area contributed by atoms with Crippen molar-refractivity contribution >= 4 is 11.9 Å². The first kappa shape index (κ1) is 24.3. The van der Waals surface area contributed by atoms with Gasteiger partial charge in [-0.15, -0.1) is 0 Å². The van der Waals surface area contributed by atoms with Gasteiger partial charge in [0.25, 0.3) is 0 Å². The van der Waals surface area contributed by atoms with E-state index in [4.69, 9.17) is 19.2 Å². The molecule has 0 radical (unpaired) electrons. The summed E-state index contributed by atoms with van der Waals surface area (Å²) in [6.07, 6.45) is 3.31. The number of hydrogen-bond acceptors (Lipinski definition) is 8. The standard InChI is InChI=1S/C25H28FN5O5/c1-2-25(23(32)33)13-35-22(36-14-25)21-30-19(15-5-7-16(26)8-6-15)20(31-21)18-9-10-27-24(29-18)28-12-17-4-3-11-34-17/h5-10,17,22H,2-4,11-14H2,1H3,(H,30,31)(H,32,33)(H,27,28,29). The Hall–Kier alpha value is -3.41. The lowest BCUT2D eigenvalue weighted by molar-refractivity contribution is -0.240. The predicted octanol–water partition coefficient (Wildman–Crippen LogP) is 3.79. The zero-order chi connectivity index (χ0) is 25.1. The fourth-order valence-corrected chi connectivity index (χ4v) is 4.30. The second-order valence-corrected chi connectivity index (χ2v) is 9.03. The van der Waals surface area contributed by atoms with Crippen LogP contribution in [0, 0.1) is 11.2 Å². The molecule has 2 aromatic heterocycles. The van der Waals surface area contributed by atoms with Crippen LogP contribution < -0.4 is 5.32 Å². The van der Waals surface area contributed by atoms with Crippen LogP contribution in [0.5, 0.6) is 0 Å². The number of benzene rings is 1. The summed E-state index contributed by atoms with van der Waals surface area (Å²) in [4.78, 5) is 28.6. The van der Waals surface area contributed by atoms with E-state index in [0.29, 0.717) is 47.4 Å². The van der Waals surface area contributed by atoms with Crippen LogP contribution in [0.3, 0.4) is 0 Å². The van der Waals surface area contributed by atoms with Crippen molar-refractivity contribution < 1.29 is 28.5 Å². The van der Waals surface area contributed by atoms with Gasteiger partial charge in [0.1, 0.15) is 11.2 Å². The second-order valence-electron chi connectivity index (χ2n) is 9.03. The molecule has 1 unspecified atom stereocenters. The van der Waals surface area contributed by atoms with Gasteiger partial charge < -0.3 is 29.6 Å². The number of anilines is 1. The number of nitrogens with one attached hydrogen (secondary N) is 2. The lowest BCUT2D eigenvalue weighted by Gasteiger charge is -2.35. The van der Waals surface area contributed by atoms with Gasteiger partial charge in [0.2, 0.25) is 12.2 Å². The van der Waals surface area contributed by atoms with E-state index in [0.717, 1.165) is 19.4 Å². The van der Waals surface area contributed by atoms with Gasteiger partial charge in [0, 0.05) is 24.9 Å². The number of hydrogen-bond donors (Lipinski definition) is 3. The largest absolute Gasteiger partial charge is 0.481 e. The van der Waals surface area contributed by atoms with Crippen LogP contribution in [0.25, 0.3) is 22.6 Å². The minimum Gasteiger partial charge on any atom is -0.481 e. The number of imidazole rings is 1. The number of aliphatic carboxylic acids is 1. The summed E-state index contributed by atoms with van der Waals surface area (Å²) >= 11 is 0. The maximum Gasteiger partial charge on any atom is 0.314 e. The van der Waals surface area contributed by atoms with Crippen LogP contribution >= 0.6 is 0 Å². The Morgan fingerprint density at radius 2 is 1.97 bits per heavy atom. The number of ether oxygens (including phenoxy) is 3. The normalized spacial score (nSPS) is 24.1. The maximum atomic E-state index is 13.6. The molecule has 0 aliphatic carbocycles. The number of halogens is 1. The smallest absolute Gasteiger partial charge is 0.314 e. The minimum atomic E-state index is -1.10. The van der Waals surface area contributed by atoms with Crippen LogP contribution in [-0.2, 0) is 19.0 Å². The van der Waals surface area contributed by atoms with Crippen molar-refractivity contribution in [2.45, 2.75) is 38.6 Å². The zero-order valence-electron chi connectivity index (χ0n) is 19.9. The minimum absolute atomic E-state index is 0.00374. The Labute approximate surface area is 207 Å². The molecular weight excluding hydrogens is 469 g/mol. The van der Waals surface area contributed by atoms with Crippen LogP contribution in [-0.4, -0.2) is 63.5 Å². The molecule has 190 valence electrons. The Morgan fingerprint density at radius 3 is 2.64 bits per heavy atom. The van der Waals surface area contributed by atoms with E-state index in [1.807, 2.05) is 0 Å². The average molecular weight is 498 g/mol. The molecule has 10 nitrogen and oxygen atoms in total. The Kier molecular flexibility index (Phi) is 6.95. The number of carboxylic acid groups (broad SMARTS) is 1. The van der Waals surface area contributed by atoms with E-state index in [1.165, 1.54) is 12.1 Å². The van der Waals surface area contributed by atoms with Gasteiger partial charge in [-0.05, 0) is 49.6 Å². The number of aromatic nitrogens is 4. The third kappa shape index (κ3) is 4.95. The number of rotatable bonds is 8. The highest BCUT2D eigenvalue weighted by atomic mass is 19.1. The third-order valence-electron chi connectivity index (χ3n) is 6.64. The van der Waals surface area contributed by atoms with Gasteiger partial charge in [0.05, 0.1) is 36.4 Å². The molecule has 5 rings (SSSR count). The van der Waals surface area contributed by atoms with E-state index in [2.05, 4.69) is 20.3 Å². The summed E-state index contributed by atoms with van der Waals surface area (Å²) in [6.45, 7) is 3.15. The Bertz CT molecular complexity index is 1200. The van der Waals surface area contributed by atoms with E-state index in [-0.39, 0.29) is 25.1 Å². The molecule has 0 bridgehead atoms. The number of aromatic amines is 1. The average Bonchev–Trinajstić information content (AvgIpc) is 3.59. The Morgan fingerprint density at radius 1 is 1.19 bits per heavy atom. The molecule has 0 spiro atoms. The highest BCUT2D eigenvalue weighted by molar-refractivity contribution is 5.77. The van der Waals surface area contributed by atoms with Crippen LogP contribution in [0.1, 0.15) is 38.3 Å². The molecule has 11 heteroatoms. The monoisotopic (exact) mass is 497 g/mol. The van der Waals surface area contributed by atoms with Gasteiger partial charge in [-0.25, -0.2) is 19.3 Å². The SMILES string of the molecule is CCC1(C(=O)O)COC(c2nc(-c3ccc(F)cc3)c(-c3ccnc(NCC4CCCO4)n3)[nH]2)OC1. The maximum absolute atomic E-state index is 13.6. The number of H-pyrrole nitrogens is 1. The third-order valence-corrected chi connectivity index (χ3v) is 6.64. The quantitative estimate of drug-likeness (QED) is 0.425. The summed E-state index contributed by atoms with van der Waals surface area (Å²) in [6, 6.07) is 7.73. The van der Waals surface area contributed by atoms with E-state index in [9.17, 15) is 14.3 Å². The van der Waals surface area contributed by atoms with Crippen molar-refractivity contribution in [1.29, 1.82) is 0 Å². The molecule has 2 aliphatic rings. The molecule has 0 saturated carbocycles. The van der Waals surface area contributed by atoms with Crippen LogP contribution in [0.15, 0.2) is 36.5 Å². The fraction of sp³-hybridized carbons (Fsp3) is 0.440. The predicted molar refractivity (Wildman–Crippen MR) is 127 cm³/mol. The summed E-state index contributed by atoms with van der Waals surface area (Å²) in [5.41, 5.74) is 1.26. The molecule has 36 heavy (non-hydrogen) atoms. The van der Waals surface area contributed by atoms with Gasteiger partial charge in [0.15, 0.2) is 5.82 Å². The summed E-state index contributed by atoms with van der Waals surface area (Å²) < 4.78 is 30.8. The van der Waals surface area contributed by atoms with Crippen molar-refractivity contribution in [3.05, 3.63) is 48.2 Å². The number of nitrogens with zero attached hydrogens (tertiary/aromatic N) is 3. The Balaban J connectivity index is 1.44. The second kappa shape index (κ2) is 10.3. The highest BCUT2D eigenvalue weighted by Crippen LogP contribution is 2.37. The van der Waals surface area contributed by atoms with E-state index in [1.54, 1.807) is 31.3 Å². The number of carboxylic acids is 1. The topological polar surface area (TPSA) is 131 Å². The van der Waals surface area contributed by atoms with E-state index >= 15 is 0 Å². The fourth-order valence-electron chi connectivity index (χ4n) is 4.30. The molecule has 2 aliphatic heterocycles. The highest BCUT2D eigenvalue weighted by Gasteiger charge is 2.43.